The first-order valence-corrected chi connectivity index (χ1v) is 9.52. The number of ether oxygens (including phenoxy) is 3. The van der Waals surface area contributed by atoms with E-state index in [9.17, 15) is 4.79 Å². The van der Waals surface area contributed by atoms with E-state index in [4.69, 9.17) is 23.7 Å². The molecule has 3 rings (SSSR count). The number of methoxy groups -OCH3 is 1. The van der Waals surface area contributed by atoms with Gasteiger partial charge in [0.15, 0.2) is 0 Å². The lowest BCUT2D eigenvalue weighted by Crippen LogP contribution is -2.44. The number of nitrogens with zero attached hydrogens (tertiary/aromatic N) is 3. The predicted octanol–water partition coefficient (Wildman–Crippen LogP) is 2.17. The van der Waals surface area contributed by atoms with Crippen molar-refractivity contribution >= 4 is 5.91 Å². The minimum atomic E-state index is -0.276. The molecular weight excluding hydrogens is 362 g/mol. The monoisotopic (exact) mass is 389 g/mol. The van der Waals surface area contributed by atoms with Crippen LogP contribution < -0.4 is 0 Å². The van der Waals surface area contributed by atoms with Gasteiger partial charge in [0.05, 0.1) is 49.0 Å². The smallest absolute Gasteiger partial charge is 0.248 e. The Hall–Kier alpha value is -2.29. The Morgan fingerprint density at radius 3 is 3.00 bits per heavy atom. The van der Waals surface area contributed by atoms with E-state index < -0.39 is 0 Å². The average Bonchev–Trinajstić information content (AvgIpc) is 3.12. The lowest BCUT2D eigenvalue weighted by molar-refractivity contribution is -0.144. The Morgan fingerprint density at radius 1 is 1.36 bits per heavy atom. The quantitative estimate of drug-likeness (QED) is 0.640. The Bertz CT molecular complexity index is 792. The van der Waals surface area contributed by atoms with Crippen molar-refractivity contribution in [3.8, 4) is 11.3 Å². The zero-order valence-electron chi connectivity index (χ0n) is 16.6. The van der Waals surface area contributed by atoms with Gasteiger partial charge in [0, 0.05) is 20.1 Å². The zero-order chi connectivity index (χ0) is 19.9. The minimum absolute atomic E-state index is 0.0449. The number of morpholine rings is 1. The minimum Gasteiger partial charge on any atom is -0.382 e. The number of hydrogen-bond acceptors (Lipinski definition) is 7. The highest BCUT2D eigenvalue weighted by atomic mass is 16.5. The molecule has 0 saturated carbocycles. The summed E-state index contributed by atoms with van der Waals surface area (Å²) in [4.78, 5) is 18.9. The fraction of sp³-hybridized carbons (Fsp3) is 0.550. The molecule has 152 valence electrons. The normalized spacial score (nSPS) is 17.1. The molecule has 2 aromatic rings. The number of amides is 1. The van der Waals surface area contributed by atoms with E-state index in [1.807, 2.05) is 32.0 Å². The molecule has 1 fully saturated rings. The molecule has 0 radical (unpaired) electrons. The van der Waals surface area contributed by atoms with Gasteiger partial charge in [-0.25, -0.2) is 4.98 Å². The molecule has 0 spiro atoms. The molecule has 28 heavy (non-hydrogen) atoms. The van der Waals surface area contributed by atoms with Crippen LogP contribution >= 0.6 is 0 Å². The summed E-state index contributed by atoms with van der Waals surface area (Å²) in [5, 5.41) is 4.06. The van der Waals surface area contributed by atoms with Crippen LogP contribution in [0.1, 0.15) is 30.2 Å². The topological polar surface area (TPSA) is 86.9 Å². The second-order valence-electron chi connectivity index (χ2n) is 6.61. The maximum absolute atomic E-state index is 12.4. The van der Waals surface area contributed by atoms with Gasteiger partial charge < -0.3 is 23.6 Å². The molecule has 0 aromatic carbocycles. The van der Waals surface area contributed by atoms with E-state index in [0.717, 1.165) is 34.8 Å². The lowest BCUT2D eigenvalue weighted by Gasteiger charge is -2.32. The van der Waals surface area contributed by atoms with Crippen LogP contribution in [0.2, 0.25) is 0 Å². The molecule has 1 aliphatic rings. The number of rotatable bonds is 8. The van der Waals surface area contributed by atoms with Crippen LogP contribution in [0.4, 0.5) is 0 Å². The number of hydrogen-bond donors (Lipinski definition) is 0. The van der Waals surface area contributed by atoms with Crippen LogP contribution in [0.3, 0.4) is 0 Å². The van der Waals surface area contributed by atoms with E-state index in [1.54, 1.807) is 12.0 Å². The van der Waals surface area contributed by atoms with Crippen molar-refractivity contribution < 1.29 is 23.5 Å². The van der Waals surface area contributed by atoms with Crippen molar-refractivity contribution in [2.24, 2.45) is 0 Å². The molecule has 3 heterocycles. The Morgan fingerprint density at radius 2 is 2.21 bits per heavy atom. The van der Waals surface area contributed by atoms with Crippen molar-refractivity contribution in [2.45, 2.75) is 26.4 Å². The summed E-state index contributed by atoms with van der Waals surface area (Å²) in [6.45, 7) is 6.31. The fourth-order valence-electron chi connectivity index (χ4n) is 3.20. The molecule has 1 saturated heterocycles. The molecule has 0 N–H and O–H groups in total. The van der Waals surface area contributed by atoms with Crippen LogP contribution in [0.15, 0.2) is 22.7 Å². The third-order valence-electron chi connectivity index (χ3n) is 4.69. The summed E-state index contributed by atoms with van der Waals surface area (Å²) in [5.74, 6) is 0.764. The lowest BCUT2D eigenvalue weighted by atomic mass is 10.1. The number of pyridine rings is 1. The van der Waals surface area contributed by atoms with Gasteiger partial charge in [-0.05, 0) is 19.1 Å². The molecule has 0 bridgehead atoms. The molecule has 8 nitrogen and oxygen atoms in total. The maximum atomic E-state index is 12.4. The predicted molar refractivity (Wildman–Crippen MR) is 102 cm³/mol. The summed E-state index contributed by atoms with van der Waals surface area (Å²) < 4.78 is 21.5. The van der Waals surface area contributed by atoms with Gasteiger partial charge in [-0.2, -0.15) is 0 Å². The van der Waals surface area contributed by atoms with Crippen LogP contribution in [0.25, 0.3) is 11.3 Å². The van der Waals surface area contributed by atoms with Crippen molar-refractivity contribution in [2.75, 3.05) is 46.6 Å². The van der Waals surface area contributed by atoms with Crippen LogP contribution in [-0.2, 0) is 25.4 Å². The first-order chi connectivity index (χ1) is 13.6. The highest BCUT2D eigenvalue weighted by Gasteiger charge is 2.27. The first-order valence-electron chi connectivity index (χ1n) is 9.52. The molecule has 1 atom stereocenters. The van der Waals surface area contributed by atoms with Gasteiger partial charge in [-0.15, -0.1) is 0 Å². The van der Waals surface area contributed by atoms with Gasteiger partial charge in [0.2, 0.25) is 5.91 Å². The van der Waals surface area contributed by atoms with Crippen LogP contribution in [0.5, 0.6) is 0 Å². The molecule has 1 aliphatic heterocycles. The Kier molecular flexibility index (Phi) is 7.13. The van der Waals surface area contributed by atoms with Crippen molar-refractivity contribution in [3.05, 3.63) is 35.3 Å². The van der Waals surface area contributed by atoms with Gasteiger partial charge in [0.25, 0.3) is 0 Å². The summed E-state index contributed by atoms with van der Waals surface area (Å²) in [6, 6.07) is 5.81. The summed E-state index contributed by atoms with van der Waals surface area (Å²) in [7, 11) is 1.60. The molecule has 0 aliphatic carbocycles. The van der Waals surface area contributed by atoms with Crippen molar-refractivity contribution in [1.82, 2.24) is 15.0 Å². The molecule has 8 heteroatoms. The molecule has 0 unspecified atom stereocenters. The summed E-state index contributed by atoms with van der Waals surface area (Å²) in [5.41, 5.74) is 3.34. The zero-order valence-corrected chi connectivity index (χ0v) is 16.6. The van der Waals surface area contributed by atoms with Gasteiger partial charge >= 0.3 is 0 Å². The second kappa shape index (κ2) is 9.77. The first kappa shape index (κ1) is 20.4. The van der Waals surface area contributed by atoms with Crippen LogP contribution in [-0.4, -0.2) is 67.6 Å². The summed E-state index contributed by atoms with van der Waals surface area (Å²) in [6.07, 6.45) is 0.467. The van der Waals surface area contributed by atoms with E-state index in [2.05, 4.69) is 5.16 Å². The maximum Gasteiger partial charge on any atom is 0.248 e. The van der Waals surface area contributed by atoms with E-state index in [1.165, 1.54) is 0 Å². The highest BCUT2D eigenvalue weighted by Crippen LogP contribution is 2.28. The highest BCUT2D eigenvalue weighted by molar-refractivity contribution is 5.77. The van der Waals surface area contributed by atoms with Crippen LogP contribution in [0, 0.1) is 6.92 Å². The SMILES string of the molecule is CCc1onc(C)c1-c1cccc([C@H]2CN(C(=O)COCCOC)CCO2)n1. The van der Waals surface area contributed by atoms with E-state index in [-0.39, 0.29) is 18.6 Å². The third-order valence-corrected chi connectivity index (χ3v) is 4.69. The third kappa shape index (κ3) is 4.76. The van der Waals surface area contributed by atoms with Crippen molar-refractivity contribution in [1.29, 1.82) is 0 Å². The number of carbonyl (C=O) groups excluding carboxylic acids is 1. The standard InChI is InChI=1S/C20H27N3O5/c1-4-17-20(14(2)22-28-17)16-7-5-6-15(21-16)18-12-23(8-9-27-18)19(24)13-26-11-10-25-3/h5-7,18H,4,8-13H2,1-3H3/t18-/m1/s1. The number of aryl methyl sites for hydroxylation is 2. The van der Waals surface area contributed by atoms with Crippen molar-refractivity contribution in [3.63, 3.8) is 0 Å². The van der Waals surface area contributed by atoms with E-state index >= 15 is 0 Å². The van der Waals surface area contributed by atoms with Gasteiger partial charge in [-0.1, -0.05) is 18.1 Å². The molecular formula is C20H27N3O5. The molecule has 1 amide bonds. The summed E-state index contributed by atoms with van der Waals surface area (Å²) >= 11 is 0. The largest absolute Gasteiger partial charge is 0.382 e. The molecule has 2 aromatic heterocycles. The Balaban J connectivity index is 1.70. The van der Waals surface area contributed by atoms with E-state index in [0.29, 0.717) is 32.9 Å². The average molecular weight is 389 g/mol. The van der Waals surface area contributed by atoms with Gasteiger partial charge in [-0.3, -0.25) is 4.79 Å². The van der Waals surface area contributed by atoms with Gasteiger partial charge in [0.1, 0.15) is 18.5 Å². The second-order valence-corrected chi connectivity index (χ2v) is 6.61. The number of aromatic nitrogens is 2. The Labute approximate surface area is 164 Å². The number of carbonyl (C=O) groups is 1. The fourth-order valence-corrected chi connectivity index (χ4v) is 3.20.